The minimum atomic E-state index is -0.708. The fraction of sp³-hybridized carbons (Fsp3) is 0.250. The molecule has 140 valence electrons. The van der Waals surface area contributed by atoms with Crippen molar-refractivity contribution in [2.75, 3.05) is 6.61 Å². The van der Waals surface area contributed by atoms with E-state index >= 15 is 0 Å². The highest BCUT2D eigenvalue weighted by molar-refractivity contribution is 6.30. The predicted octanol–water partition coefficient (Wildman–Crippen LogP) is 2.94. The van der Waals surface area contributed by atoms with Crippen LogP contribution in [0.25, 0.3) is 0 Å². The highest BCUT2D eigenvalue weighted by atomic mass is 35.5. The van der Waals surface area contributed by atoms with Gasteiger partial charge in [0.15, 0.2) is 6.61 Å². The van der Waals surface area contributed by atoms with Crippen LogP contribution in [0.4, 0.5) is 4.79 Å². The van der Waals surface area contributed by atoms with Gasteiger partial charge in [-0.15, -0.1) is 0 Å². The van der Waals surface area contributed by atoms with Crippen molar-refractivity contribution in [3.63, 3.8) is 0 Å². The van der Waals surface area contributed by atoms with Crippen LogP contribution in [0.3, 0.4) is 0 Å². The monoisotopic (exact) mass is 386 g/mol. The second kappa shape index (κ2) is 8.22. The van der Waals surface area contributed by atoms with E-state index < -0.39 is 29.9 Å². The van der Waals surface area contributed by atoms with Crippen molar-refractivity contribution in [3.8, 4) is 0 Å². The van der Waals surface area contributed by atoms with Crippen molar-refractivity contribution in [2.45, 2.75) is 24.8 Å². The maximum atomic E-state index is 12.4. The Morgan fingerprint density at radius 3 is 2.30 bits per heavy atom. The number of ether oxygens (including phenoxy) is 1. The van der Waals surface area contributed by atoms with E-state index in [9.17, 15) is 14.4 Å². The Morgan fingerprint density at radius 2 is 1.67 bits per heavy atom. The molecule has 0 bridgehead atoms. The minimum absolute atomic E-state index is 0.291. The van der Waals surface area contributed by atoms with Gasteiger partial charge < -0.3 is 10.1 Å². The van der Waals surface area contributed by atoms with Crippen LogP contribution in [0, 0.1) is 0 Å². The maximum Gasteiger partial charge on any atom is 0.321 e. The zero-order valence-electron chi connectivity index (χ0n) is 14.5. The van der Waals surface area contributed by atoms with Gasteiger partial charge in [0.1, 0.15) is 0 Å². The molecule has 0 saturated heterocycles. The molecule has 3 amide bonds. The number of carbonyl (C=O) groups excluding carboxylic acids is 3. The van der Waals surface area contributed by atoms with Crippen LogP contribution in [0.5, 0.6) is 0 Å². The summed E-state index contributed by atoms with van der Waals surface area (Å²) in [6.07, 6.45) is 1.32. The van der Waals surface area contributed by atoms with Crippen molar-refractivity contribution in [1.82, 2.24) is 10.6 Å². The highest BCUT2D eigenvalue weighted by Gasteiger charge is 2.52. The largest absolute Gasteiger partial charge is 0.455 e. The van der Waals surface area contributed by atoms with E-state index in [-0.39, 0.29) is 0 Å². The Balaban J connectivity index is 1.44. The molecule has 1 aliphatic rings. The molecule has 2 aromatic carbocycles. The fourth-order valence-electron chi connectivity index (χ4n) is 2.76. The topological polar surface area (TPSA) is 84.5 Å². The van der Waals surface area contributed by atoms with E-state index in [0.717, 1.165) is 11.1 Å². The summed E-state index contributed by atoms with van der Waals surface area (Å²) in [5.74, 6) is -1.15. The first-order chi connectivity index (χ1) is 13.0. The average Bonchev–Trinajstić information content (AvgIpc) is 3.48. The zero-order valence-corrected chi connectivity index (χ0v) is 15.3. The smallest absolute Gasteiger partial charge is 0.321 e. The van der Waals surface area contributed by atoms with Gasteiger partial charge in [0.25, 0.3) is 5.91 Å². The zero-order chi connectivity index (χ0) is 19.3. The number of hydrogen-bond acceptors (Lipinski definition) is 4. The van der Waals surface area contributed by atoms with Gasteiger partial charge in [-0.25, -0.2) is 4.79 Å². The molecule has 3 rings (SSSR count). The van der Waals surface area contributed by atoms with Gasteiger partial charge >= 0.3 is 12.0 Å². The number of carbonyl (C=O) groups is 3. The third kappa shape index (κ3) is 4.86. The molecule has 1 saturated carbocycles. The van der Waals surface area contributed by atoms with Crippen LogP contribution in [0.15, 0.2) is 54.6 Å². The van der Waals surface area contributed by atoms with Crippen LogP contribution in [0.2, 0.25) is 5.02 Å². The standard InChI is InChI=1S/C20H19ClN2O4/c21-16-8-6-15(7-9-16)20(10-11-20)18(25)27-13-17(24)23-19(26)22-12-14-4-2-1-3-5-14/h1-9H,10-13H2,(H2,22,23,24,26). The number of amides is 3. The second-order valence-electron chi connectivity index (χ2n) is 6.38. The Bertz CT molecular complexity index is 833. The summed E-state index contributed by atoms with van der Waals surface area (Å²) >= 11 is 5.87. The average molecular weight is 387 g/mol. The molecule has 0 aliphatic heterocycles. The number of benzene rings is 2. The quantitative estimate of drug-likeness (QED) is 0.747. The summed E-state index contributed by atoms with van der Waals surface area (Å²) in [5, 5.41) is 5.30. The molecule has 0 aromatic heterocycles. The first-order valence-electron chi connectivity index (χ1n) is 8.54. The number of imide groups is 1. The van der Waals surface area contributed by atoms with Gasteiger partial charge in [-0.3, -0.25) is 14.9 Å². The SMILES string of the molecule is O=C(COC(=O)C1(c2ccc(Cl)cc2)CC1)NC(=O)NCc1ccccc1. The minimum Gasteiger partial charge on any atom is -0.455 e. The van der Waals surface area contributed by atoms with E-state index in [0.29, 0.717) is 24.4 Å². The Labute approximate surface area is 161 Å². The lowest BCUT2D eigenvalue weighted by Crippen LogP contribution is -2.41. The summed E-state index contributed by atoms with van der Waals surface area (Å²) in [5.41, 5.74) is 1.02. The molecular formula is C20H19ClN2O4. The number of nitrogens with one attached hydrogen (secondary N) is 2. The maximum absolute atomic E-state index is 12.4. The lowest BCUT2D eigenvalue weighted by molar-refractivity contribution is -0.150. The van der Waals surface area contributed by atoms with Gasteiger partial charge in [0.05, 0.1) is 5.41 Å². The van der Waals surface area contributed by atoms with Crippen molar-refractivity contribution >= 4 is 29.5 Å². The van der Waals surface area contributed by atoms with E-state index in [1.54, 1.807) is 24.3 Å². The Kier molecular flexibility index (Phi) is 5.76. The fourth-order valence-corrected chi connectivity index (χ4v) is 2.88. The van der Waals surface area contributed by atoms with Crippen LogP contribution < -0.4 is 10.6 Å². The molecule has 1 fully saturated rings. The number of esters is 1. The molecule has 6 nitrogen and oxygen atoms in total. The molecule has 2 N–H and O–H groups in total. The second-order valence-corrected chi connectivity index (χ2v) is 6.82. The van der Waals surface area contributed by atoms with Crippen molar-refractivity contribution < 1.29 is 19.1 Å². The molecule has 7 heteroatoms. The third-order valence-corrected chi connectivity index (χ3v) is 4.67. The van der Waals surface area contributed by atoms with Crippen LogP contribution in [0.1, 0.15) is 24.0 Å². The van der Waals surface area contributed by atoms with Gasteiger partial charge in [-0.1, -0.05) is 54.1 Å². The first kappa shape index (κ1) is 18.9. The van der Waals surface area contributed by atoms with Crippen molar-refractivity contribution in [2.24, 2.45) is 0 Å². The molecule has 0 unspecified atom stereocenters. The lowest BCUT2D eigenvalue weighted by atomic mass is 9.96. The third-order valence-electron chi connectivity index (χ3n) is 4.42. The van der Waals surface area contributed by atoms with Gasteiger partial charge in [0.2, 0.25) is 0 Å². The van der Waals surface area contributed by atoms with Gasteiger partial charge in [0, 0.05) is 11.6 Å². The molecular weight excluding hydrogens is 368 g/mol. The van der Waals surface area contributed by atoms with Crippen LogP contribution in [-0.4, -0.2) is 24.5 Å². The summed E-state index contributed by atoms with van der Waals surface area (Å²) in [6, 6.07) is 15.7. The molecule has 27 heavy (non-hydrogen) atoms. The number of urea groups is 1. The van der Waals surface area contributed by atoms with Gasteiger partial charge in [-0.05, 0) is 36.1 Å². The Hall–Kier alpha value is -2.86. The number of rotatable bonds is 6. The van der Waals surface area contributed by atoms with Crippen LogP contribution in [-0.2, 0) is 26.3 Å². The summed E-state index contributed by atoms with van der Waals surface area (Å²) in [7, 11) is 0. The summed E-state index contributed by atoms with van der Waals surface area (Å²) in [6.45, 7) is -0.216. The van der Waals surface area contributed by atoms with E-state index in [1.807, 2.05) is 30.3 Å². The number of halogens is 1. The van der Waals surface area contributed by atoms with Crippen LogP contribution >= 0.6 is 11.6 Å². The first-order valence-corrected chi connectivity index (χ1v) is 8.92. The predicted molar refractivity (Wildman–Crippen MR) is 100 cm³/mol. The molecule has 0 atom stereocenters. The molecule has 1 aliphatic carbocycles. The summed E-state index contributed by atoms with van der Waals surface area (Å²) < 4.78 is 5.12. The highest BCUT2D eigenvalue weighted by Crippen LogP contribution is 2.49. The normalized spacial score (nSPS) is 14.1. The Morgan fingerprint density at radius 1 is 1.00 bits per heavy atom. The number of hydrogen-bond donors (Lipinski definition) is 2. The van der Waals surface area contributed by atoms with E-state index in [1.165, 1.54) is 0 Å². The molecule has 0 radical (unpaired) electrons. The summed E-state index contributed by atoms with van der Waals surface area (Å²) in [4.78, 5) is 35.9. The van der Waals surface area contributed by atoms with E-state index in [2.05, 4.69) is 10.6 Å². The lowest BCUT2D eigenvalue weighted by Gasteiger charge is -2.15. The van der Waals surface area contributed by atoms with Crippen molar-refractivity contribution in [1.29, 1.82) is 0 Å². The van der Waals surface area contributed by atoms with E-state index in [4.69, 9.17) is 16.3 Å². The molecule has 0 spiro atoms. The van der Waals surface area contributed by atoms with Crippen molar-refractivity contribution in [3.05, 3.63) is 70.7 Å². The van der Waals surface area contributed by atoms with Gasteiger partial charge in [-0.2, -0.15) is 0 Å². The molecule has 2 aromatic rings. The molecule has 0 heterocycles.